The summed E-state index contributed by atoms with van der Waals surface area (Å²) in [5.41, 5.74) is 2.88. The summed E-state index contributed by atoms with van der Waals surface area (Å²) in [5.74, 6) is 5.04. The summed E-state index contributed by atoms with van der Waals surface area (Å²) >= 11 is 0. The Labute approximate surface area is 301 Å². The molecule has 0 bridgehead atoms. The molecule has 0 aromatic heterocycles. The van der Waals surface area contributed by atoms with Crippen molar-refractivity contribution in [2.45, 2.75) is 12.1 Å². The number of fused-ring (bicyclic) bond motifs is 2. The zero-order valence-electron chi connectivity index (χ0n) is 29.9. The number of methoxy groups -OCH3 is 6. The lowest BCUT2D eigenvalue weighted by Gasteiger charge is -2.43. The maximum atomic E-state index is 11.4. The number of rotatable bonds is 12. The van der Waals surface area contributed by atoms with Gasteiger partial charge in [0, 0.05) is 49.4 Å². The maximum absolute atomic E-state index is 11.4. The molecule has 0 unspecified atom stereocenters. The number of phenolic OH excluding ortho intramolecular Hbond substituents is 2. The van der Waals surface area contributed by atoms with Crippen LogP contribution in [0.3, 0.4) is 0 Å². The first kappa shape index (κ1) is 34.8. The molecular weight excluding hydrogens is 676 g/mol. The third kappa shape index (κ3) is 6.17. The Hall–Kier alpha value is -5.60. The van der Waals surface area contributed by atoms with E-state index in [0.29, 0.717) is 94.8 Å². The monoisotopic (exact) mass is 718 g/mol. The molecule has 3 aliphatic rings. The van der Waals surface area contributed by atoms with Gasteiger partial charge in [0.05, 0.1) is 54.7 Å². The first-order chi connectivity index (χ1) is 25.3. The SMILES string of the molecule is COc1cc([C@@H](c2cc3c(cc2O)OCO3)N2CCN([C@@H](c3cc(OC)c(OC)c(OC)c3)c3cc4c(cc3O)OCO4)CC2)cc(OC)c1OC. The van der Waals surface area contributed by atoms with Gasteiger partial charge >= 0.3 is 0 Å². The summed E-state index contributed by atoms with van der Waals surface area (Å²) in [6.07, 6.45) is 0. The van der Waals surface area contributed by atoms with E-state index in [1.165, 1.54) is 0 Å². The lowest BCUT2D eigenvalue weighted by molar-refractivity contribution is 0.0879. The number of phenols is 2. The van der Waals surface area contributed by atoms with Crippen LogP contribution in [-0.2, 0) is 0 Å². The molecule has 52 heavy (non-hydrogen) atoms. The second kappa shape index (κ2) is 14.6. The van der Waals surface area contributed by atoms with Crippen LogP contribution in [0.25, 0.3) is 0 Å². The van der Waals surface area contributed by atoms with Gasteiger partial charge < -0.3 is 57.6 Å². The Morgan fingerprint density at radius 2 is 0.769 bits per heavy atom. The maximum Gasteiger partial charge on any atom is 0.231 e. The van der Waals surface area contributed by atoms with Gasteiger partial charge in [-0.15, -0.1) is 0 Å². The Bertz CT molecular complexity index is 1760. The Morgan fingerprint density at radius 3 is 1.06 bits per heavy atom. The van der Waals surface area contributed by atoms with Crippen LogP contribution in [0.2, 0.25) is 0 Å². The van der Waals surface area contributed by atoms with Crippen molar-refractivity contribution in [3.63, 3.8) is 0 Å². The van der Waals surface area contributed by atoms with E-state index in [1.807, 2.05) is 36.4 Å². The minimum atomic E-state index is -0.455. The van der Waals surface area contributed by atoms with Gasteiger partial charge in [0.1, 0.15) is 11.5 Å². The highest BCUT2D eigenvalue weighted by molar-refractivity contribution is 5.60. The molecule has 14 nitrogen and oxygen atoms in total. The van der Waals surface area contributed by atoms with Crippen molar-refractivity contribution < 1.29 is 57.6 Å². The van der Waals surface area contributed by atoms with E-state index in [-0.39, 0.29) is 25.1 Å². The van der Waals surface area contributed by atoms with Crippen molar-refractivity contribution in [3.05, 3.63) is 70.8 Å². The molecule has 0 aliphatic carbocycles. The molecule has 3 aliphatic heterocycles. The molecule has 3 heterocycles. The molecule has 4 aromatic rings. The highest BCUT2D eigenvalue weighted by atomic mass is 16.7. The van der Waals surface area contributed by atoms with Crippen molar-refractivity contribution >= 4 is 0 Å². The summed E-state index contributed by atoms with van der Waals surface area (Å²) in [4.78, 5) is 4.56. The zero-order chi connectivity index (χ0) is 36.5. The Morgan fingerprint density at radius 1 is 0.462 bits per heavy atom. The van der Waals surface area contributed by atoms with Gasteiger partial charge in [0.25, 0.3) is 0 Å². The van der Waals surface area contributed by atoms with Crippen molar-refractivity contribution in [2.75, 3.05) is 82.4 Å². The molecule has 0 saturated carbocycles. The minimum absolute atomic E-state index is 0.0611. The van der Waals surface area contributed by atoms with Crippen LogP contribution in [0.4, 0.5) is 0 Å². The quantitative estimate of drug-likeness (QED) is 0.201. The molecule has 7 rings (SSSR count). The topological polar surface area (TPSA) is 139 Å². The van der Waals surface area contributed by atoms with Crippen molar-refractivity contribution in [3.8, 4) is 69.0 Å². The fraction of sp³-hybridized carbons (Fsp3) is 0.368. The molecular formula is C38H42N2O12. The number of aromatic hydroxyl groups is 2. The third-order valence-corrected chi connectivity index (χ3v) is 9.72. The second-order valence-electron chi connectivity index (χ2n) is 12.3. The van der Waals surface area contributed by atoms with Gasteiger partial charge in [-0.05, 0) is 47.5 Å². The largest absolute Gasteiger partial charge is 0.507 e. The lowest BCUT2D eigenvalue weighted by atomic mass is 9.92. The smallest absolute Gasteiger partial charge is 0.231 e. The molecule has 0 amide bonds. The number of benzene rings is 4. The molecule has 4 aromatic carbocycles. The van der Waals surface area contributed by atoms with Crippen LogP contribution in [0, 0.1) is 0 Å². The van der Waals surface area contributed by atoms with Gasteiger partial charge in [0.15, 0.2) is 46.0 Å². The predicted octanol–water partition coefficient (Wildman–Crippen LogP) is 5.10. The van der Waals surface area contributed by atoms with E-state index in [0.717, 1.165) is 11.1 Å². The fourth-order valence-corrected chi connectivity index (χ4v) is 7.28. The van der Waals surface area contributed by atoms with Gasteiger partial charge in [-0.1, -0.05) is 0 Å². The van der Waals surface area contributed by atoms with Crippen molar-refractivity contribution in [2.24, 2.45) is 0 Å². The highest BCUT2D eigenvalue weighted by Gasteiger charge is 2.36. The number of ether oxygens (including phenoxy) is 10. The molecule has 276 valence electrons. The summed E-state index contributed by atoms with van der Waals surface area (Å²) < 4.78 is 56.7. The van der Waals surface area contributed by atoms with Crippen LogP contribution in [0.5, 0.6) is 69.0 Å². The zero-order valence-corrected chi connectivity index (χ0v) is 29.9. The van der Waals surface area contributed by atoms with E-state index in [9.17, 15) is 10.2 Å². The molecule has 14 heteroatoms. The summed E-state index contributed by atoms with van der Waals surface area (Å²) in [6.45, 7) is 2.37. The van der Waals surface area contributed by atoms with E-state index < -0.39 is 12.1 Å². The van der Waals surface area contributed by atoms with Crippen molar-refractivity contribution in [1.29, 1.82) is 0 Å². The number of hydrogen-bond acceptors (Lipinski definition) is 14. The number of piperazine rings is 1. The van der Waals surface area contributed by atoms with Crippen LogP contribution >= 0.6 is 0 Å². The highest BCUT2D eigenvalue weighted by Crippen LogP contribution is 2.49. The van der Waals surface area contributed by atoms with Crippen molar-refractivity contribution in [1.82, 2.24) is 9.80 Å². The third-order valence-electron chi connectivity index (χ3n) is 9.72. The van der Waals surface area contributed by atoms with E-state index in [1.54, 1.807) is 54.8 Å². The second-order valence-corrected chi connectivity index (χ2v) is 12.3. The van der Waals surface area contributed by atoms with Gasteiger partial charge in [-0.25, -0.2) is 0 Å². The standard InChI is InChI=1S/C38H42N2O12/c1-43-31-11-21(12-32(44-2)37(31)47-5)35(23-15-27-29(17-25(23)41)51-19-49-27)39-7-9-40(10-8-39)36(24-16-28-30(18-26(24)42)52-20-50-28)22-13-33(45-3)38(48-6)34(14-22)46-4/h11-18,35-36,41-42H,7-10,19-20H2,1-6H3/t35-,36-/m0/s1. The Kier molecular flexibility index (Phi) is 9.75. The predicted molar refractivity (Wildman–Crippen MR) is 187 cm³/mol. The first-order valence-corrected chi connectivity index (χ1v) is 16.6. The summed E-state index contributed by atoms with van der Waals surface area (Å²) in [6, 6.07) is 13.5. The molecule has 2 atom stereocenters. The first-order valence-electron chi connectivity index (χ1n) is 16.6. The fourth-order valence-electron chi connectivity index (χ4n) is 7.28. The van der Waals surface area contributed by atoms with Gasteiger partial charge in [-0.3, -0.25) is 9.80 Å². The van der Waals surface area contributed by atoms with Crippen LogP contribution in [-0.4, -0.2) is 102 Å². The number of nitrogens with zero attached hydrogens (tertiary/aromatic N) is 2. The lowest BCUT2D eigenvalue weighted by Crippen LogP contribution is -2.49. The molecule has 1 saturated heterocycles. The Balaban J connectivity index is 1.29. The summed E-state index contributed by atoms with van der Waals surface area (Å²) in [5, 5.41) is 22.9. The van der Waals surface area contributed by atoms with E-state index in [4.69, 9.17) is 47.4 Å². The average molecular weight is 719 g/mol. The number of hydrogen-bond donors (Lipinski definition) is 2. The minimum Gasteiger partial charge on any atom is -0.507 e. The van der Waals surface area contributed by atoms with E-state index >= 15 is 0 Å². The van der Waals surface area contributed by atoms with Crippen LogP contribution in [0.15, 0.2) is 48.5 Å². The van der Waals surface area contributed by atoms with E-state index in [2.05, 4.69) is 9.80 Å². The molecule has 0 spiro atoms. The molecule has 2 N–H and O–H groups in total. The van der Waals surface area contributed by atoms with Crippen LogP contribution in [0.1, 0.15) is 34.3 Å². The molecule has 0 radical (unpaired) electrons. The molecule has 1 fully saturated rings. The summed E-state index contributed by atoms with van der Waals surface area (Å²) in [7, 11) is 9.40. The van der Waals surface area contributed by atoms with Gasteiger partial charge in [0.2, 0.25) is 25.1 Å². The normalized spacial score (nSPS) is 16.3. The van der Waals surface area contributed by atoms with Crippen LogP contribution < -0.4 is 47.4 Å². The average Bonchev–Trinajstić information content (AvgIpc) is 3.83. The van der Waals surface area contributed by atoms with Gasteiger partial charge in [-0.2, -0.15) is 0 Å².